The second-order valence-corrected chi connectivity index (χ2v) is 8.54. The van der Waals surface area contributed by atoms with Crippen LogP contribution in [-0.2, 0) is 4.79 Å². The summed E-state index contributed by atoms with van der Waals surface area (Å²) < 4.78 is 0. The van der Waals surface area contributed by atoms with Gasteiger partial charge in [0, 0.05) is 51.0 Å². The topological polar surface area (TPSA) is 56.8 Å². The molecule has 3 heterocycles. The van der Waals surface area contributed by atoms with Crippen molar-refractivity contribution in [3.63, 3.8) is 0 Å². The van der Waals surface area contributed by atoms with Crippen LogP contribution in [0.4, 0.5) is 5.82 Å². The van der Waals surface area contributed by atoms with Crippen molar-refractivity contribution in [3.8, 4) is 0 Å². The normalized spacial score (nSPS) is 19.7. The number of anilines is 1. The lowest BCUT2D eigenvalue weighted by Gasteiger charge is -2.39. The number of aromatic nitrogens is 1. The van der Waals surface area contributed by atoms with Gasteiger partial charge in [0.2, 0.25) is 5.91 Å². The number of halogens is 1. The lowest BCUT2D eigenvalue weighted by Crippen LogP contribution is -2.53. The van der Waals surface area contributed by atoms with Crippen molar-refractivity contribution in [2.75, 3.05) is 44.2 Å². The highest BCUT2D eigenvalue weighted by atomic mass is 35.5. The zero-order valence-corrected chi connectivity index (χ0v) is 18.0. The van der Waals surface area contributed by atoms with Crippen LogP contribution in [-0.4, -0.2) is 65.9 Å². The predicted molar refractivity (Wildman–Crippen MR) is 118 cm³/mol. The molecular formula is C23H27ClN4O2. The summed E-state index contributed by atoms with van der Waals surface area (Å²) in [5.74, 6) is 0.957. The molecule has 30 heavy (non-hydrogen) atoms. The van der Waals surface area contributed by atoms with Gasteiger partial charge in [0.05, 0.1) is 10.9 Å². The summed E-state index contributed by atoms with van der Waals surface area (Å²) in [6.07, 6.45) is 3.36. The third-order valence-electron chi connectivity index (χ3n) is 5.98. The van der Waals surface area contributed by atoms with Crippen molar-refractivity contribution >= 4 is 29.2 Å². The Morgan fingerprint density at radius 1 is 0.967 bits per heavy atom. The van der Waals surface area contributed by atoms with Crippen molar-refractivity contribution < 1.29 is 9.59 Å². The van der Waals surface area contributed by atoms with Gasteiger partial charge < -0.3 is 14.7 Å². The summed E-state index contributed by atoms with van der Waals surface area (Å²) in [4.78, 5) is 36.3. The molecule has 0 aliphatic carbocycles. The summed E-state index contributed by atoms with van der Waals surface area (Å²) in [5.41, 5.74) is 1.82. The van der Waals surface area contributed by atoms with E-state index in [2.05, 4.69) is 9.88 Å². The molecule has 1 unspecified atom stereocenters. The number of likely N-dealkylation sites (tertiary alicyclic amines) is 1. The summed E-state index contributed by atoms with van der Waals surface area (Å²) in [5, 5.41) is 0.620. The van der Waals surface area contributed by atoms with Gasteiger partial charge in [-0.25, -0.2) is 4.98 Å². The molecule has 2 aliphatic heterocycles. The molecule has 6 nitrogen and oxygen atoms in total. The Morgan fingerprint density at radius 3 is 2.37 bits per heavy atom. The van der Waals surface area contributed by atoms with E-state index in [1.807, 2.05) is 53.1 Å². The molecule has 7 heteroatoms. The minimum absolute atomic E-state index is 0.0196. The Hall–Kier alpha value is -2.60. The van der Waals surface area contributed by atoms with Crippen molar-refractivity contribution in [1.29, 1.82) is 0 Å². The lowest BCUT2D eigenvalue weighted by atomic mass is 9.95. The summed E-state index contributed by atoms with van der Waals surface area (Å²) in [7, 11) is 0. The van der Waals surface area contributed by atoms with Gasteiger partial charge in [0.15, 0.2) is 0 Å². The first kappa shape index (κ1) is 20.7. The number of benzene rings is 1. The van der Waals surface area contributed by atoms with Gasteiger partial charge >= 0.3 is 0 Å². The molecule has 1 aromatic heterocycles. The van der Waals surface area contributed by atoms with Crippen LogP contribution in [0.3, 0.4) is 0 Å². The number of nitrogens with zero attached hydrogens (tertiary/aromatic N) is 4. The molecule has 2 fully saturated rings. The second kappa shape index (κ2) is 9.04. The average molecular weight is 427 g/mol. The van der Waals surface area contributed by atoms with Crippen LogP contribution in [0.1, 0.15) is 28.8 Å². The van der Waals surface area contributed by atoms with E-state index in [-0.39, 0.29) is 17.7 Å². The standard InChI is InChI=1S/C23H27ClN4O2/c1-17-4-6-18(7-5-17)22(29)28-10-2-3-19(16-28)23(30)27-13-11-26(12-14-27)21-9-8-20(24)15-25-21/h4-9,15,19H,2-3,10-14,16H2,1H3. The highest BCUT2D eigenvalue weighted by Crippen LogP contribution is 2.23. The SMILES string of the molecule is Cc1ccc(C(=O)N2CCCC(C(=O)N3CCN(c4ccc(Cl)cn4)CC3)C2)cc1. The summed E-state index contributed by atoms with van der Waals surface area (Å²) in [6, 6.07) is 11.4. The first-order valence-electron chi connectivity index (χ1n) is 10.5. The molecule has 0 bridgehead atoms. The van der Waals surface area contributed by atoms with E-state index >= 15 is 0 Å². The quantitative estimate of drug-likeness (QED) is 0.756. The Labute approximate surface area is 182 Å². The van der Waals surface area contributed by atoms with Crippen LogP contribution in [0.15, 0.2) is 42.6 Å². The van der Waals surface area contributed by atoms with Crippen LogP contribution < -0.4 is 4.90 Å². The second-order valence-electron chi connectivity index (χ2n) is 8.10. The fourth-order valence-electron chi connectivity index (χ4n) is 4.21. The number of hydrogen-bond acceptors (Lipinski definition) is 4. The summed E-state index contributed by atoms with van der Waals surface area (Å²) in [6.45, 7) is 6.07. The van der Waals surface area contributed by atoms with Gasteiger partial charge in [-0.2, -0.15) is 0 Å². The molecule has 1 aromatic carbocycles. The van der Waals surface area contributed by atoms with Gasteiger partial charge in [-0.3, -0.25) is 9.59 Å². The Kier molecular flexibility index (Phi) is 6.23. The van der Waals surface area contributed by atoms with Crippen molar-refractivity contribution in [3.05, 3.63) is 58.7 Å². The number of hydrogen-bond donors (Lipinski definition) is 0. The van der Waals surface area contributed by atoms with Gasteiger partial charge in [-0.15, -0.1) is 0 Å². The van der Waals surface area contributed by atoms with Gasteiger partial charge in [-0.05, 0) is 44.0 Å². The fourth-order valence-corrected chi connectivity index (χ4v) is 4.32. The van der Waals surface area contributed by atoms with Crippen molar-refractivity contribution in [2.45, 2.75) is 19.8 Å². The predicted octanol–water partition coefficient (Wildman–Crippen LogP) is 3.24. The summed E-state index contributed by atoms with van der Waals surface area (Å²) >= 11 is 5.92. The number of carbonyl (C=O) groups excluding carboxylic acids is 2. The molecule has 1 atom stereocenters. The monoisotopic (exact) mass is 426 g/mol. The molecule has 0 N–H and O–H groups in total. The lowest BCUT2D eigenvalue weighted by molar-refractivity contribution is -0.137. The Balaban J connectivity index is 1.34. The van der Waals surface area contributed by atoms with Crippen LogP contribution in [0, 0.1) is 12.8 Å². The molecule has 2 aromatic rings. The smallest absolute Gasteiger partial charge is 0.253 e. The highest BCUT2D eigenvalue weighted by molar-refractivity contribution is 6.30. The maximum absolute atomic E-state index is 13.1. The Bertz CT molecular complexity index is 892. The molecule has 4 rings (SSSR count). The first-order chi connectivity index (χ1) is 14.5. The van der Waals surface area contributed by atoms with Gasteiger partial charge in [-0.1, -0.05) is 29.3 Å². The maximum Gasteiger partial charge on any atom is 0.253 e. The average Bonchev–Trinajstić information content (AvgIpc) is 2.79. The molecule has 0 radical (unpaired) electrons. The number of amides is 2. The molecule has 0 saturated carbocycles. The van der Waals surface area contributed by atoms with E-state index in [1.54, 1.807) is 6.20 Å². The number of piperidine rings is 1. The molecule has 158 valence electrons. The minimum Gasteiger partial charge on any atom is -0.353 e. The van der Waals surface area contributed by atoms with E-state index < -0.39 is 0 Å². The van der Waals surface area contributed by atoms with E-state index in [9.17, 15) is 9.59 Å². The van der Waals surface area contributed by atoms with E-state index in [1.165, 1.54) is 0 Å². The molecule has 2 saturated heterocycles. The van der Waals surface area contributed by atoms with E-state index in [0.717, 1.165) is 37.3 Å². The third-order valence-corrected chi connectivity index (χ3v) is 6.21. The number of rotatable bonds is 3. The number of pyridine rings is 1. The highest BCUT2D eigenvalue weighted by Gasteiger charge is 2.33. The minimum atomic E-state index is -0.117. The fraction of sp³-hybridized carbons (Fsp3) is 0.435. The van der Waals surface area contributed by atoms with Crippen molar-refractivity contribution in [1.82, 2.24) is 14.8 Å². The van der Waals surface area contributed by atoms with Gasteiger partial charge in [0.1, 0.15) is 5.82 Å². The van der Waals surface area contributed by atoms with Crippen LogP contribution in [0.25, 0.3) is 0 Å². The number of piperazine rings is 1. The van der Waals surface area contributed by atoms with E-state index in [0.29, 0.717) is 36.8 Å². The number of carbonyl (C=O) groups is 2. The van der Waals surface area contributed by atoms with Crippen LogP contribution >= 0.6 is 11.6 Å². The van der Waals surface area contributed by atoms with Crippen LogP contribution in [0.2, 0.25) is 5.02 Å². The van der Waals surface area contributed by atoms with Gasteiger partial charge in [0.25, 0.3) is 5.91 Å². The molecule has 0 spiro atoms. The Morgan fingerprint density at radius 2 is 1.70 bits per heavy atom. The molecule has 2 aliphatic rings. The van der Waals surface area contributed by atoms with E-state index in [4.69, 9.17) is 11.6 Å². The molecular weight excluding hydrogens is 400 g/mol. The first-order valence-corrected chi connectivity index (χ1v) is 10.9. The largest absolute Gasteiger partial charge is 0.353 e. The van der Waals surface area contributed by atoms with Crippen LogP contribution in [0.5, 0.6) is 0 Å². The number of aryl methyl sites for hydroxylation is 1. The third kappa shape index (κ3) is 4.59. The maximum atomic E-state index is 13.1. The molecule has 2 amide bonds. The zero-order valence-electron chi connectivity index (χ0n) is 17.3. The van der Waals surface area contributed by atoms with Crippen molar-refractivity contribution in [2.24, 2.45) is 5.92 Å². The zero-order chi connectivity index (χ0) is 21.1.